The van der Waals surface area contributed by atoms with Crippen molar-refractivity contribution in [2.24, 2.45) is 0 Å². The third kappa shape index (κ3) is 3.74. The highest BCUT2D eigenvalue weighted by Gasteiger charge is 2.21. The summed E-state index contributed by atoms with van der Waals surface area (Å²) in [7, 11) is 1.52. The van der Waals surface area contributed by atoms with Crippen molar-refractivity contribution in [1.82, 2.24) is 15.1 Å². The molecule has 1 saturated heterocycles. The van der Waals surface area contributed by atoms with E-state index in [1.54, 1.807) is 0 Å². The first-order valence-corrected chi connectivity index (χ1v) is 6.82. The van der Waals surface area contributed by atoms with E-state index >= 15 is 0 Å². The molecule has 1 aromatic carbocycles. The Morgan fingerprint density at radius 3 is 2.57 bits per heavy atom. The Labute approximate surface area is 121 Å². The van der Waals surface area contributed by atoms with Gasteiger partial charge in [-0.3, -0.25) is 9.69 Å². The summed E-state index contributed by atoms with van der Waals surface area (Å²) in [5, 5.41) is 3.22. The lowest BCUT2D eigenvalue weighted by Gasteiger charge is -2.29. The molecule has 1 amide bonds. The number of hydrogen-bond donors (Lipinski definition) is 1. The van der Waals surface area contributed by atoms with Crippen LogP contribution in [-0.4, -0.2) is 62.0 Å². The fourth-order valence-corrected chi connectivity index (χ4v) is 2.22. The van der Waals surface area contributed by atoms with Crippen LogP contribution in [-0.2, 0) is 0 Å². The summed E-state index contributed by atoms with van der Waals surface area (Å²) in [6.07, 6.45) is 0. The number of rotatable bonds is 4. The number of nitrogens with one attached hydrogen (secondary N) is 1. The Kier molecular flexibility index (Phi) is 5.19. The first-order chi connectivity index (χ1) is 10.0. The molecule has 21 heavy (non-hydrogen) atoms. The molecule has 116 valence electrons. The topological polar surface area (TPSA) is 35.6 Å². The van der Waals surface area contributed by atoms with E-state index in [-0.39, 0.29) is 0 Å². The van der Waals surface area contributed by atoms with Gasteiger partial charge < -0.3 is 10.2 Å². The summed E-state index contributed by atoms with van der Waals surface area (Å²) in [6.45, 7) is 4.64. The lowest BCUT2D eigenvalue weighted by Crippen LogP contribution is -2.46. The monoisotopic (exact) mass is 301 g/mol. The molecule has 1 aliphatic heterocycles. The fraction of sp³-hybridized carbons (Fsp3) is 0.500. The SMILES string of the molecule is CN(CCN1CCNCC1)C(=O)c1ccc(F)c(F)c1F. The molecule has 1 aliphatic rings. The van der Waals surface area contributed by atoms with Crippen molar-refractivity contribution in [1.29, 1.82) is 0 Å². The average Bonchev–Trinajstić information content (AvgIpc) is 2.51. The van der Waals surface area contributed by atoms with Gasteiger partial charge in [0, 0.05) is 46.3 Å². The van der Waals surface area contributed by atoms with Gasteiger partial charge in [0.05, 0.1) is 5.56 Å². The van der Waals surface area contributed by atoms with Crippen LogP contribution in [0.25, 0.3) is 0 Å². The Morgan fingerprint density at radius 1 is 1.24 bits per heavy atom. The molecular formula is C14H18F3N3O. The first-order valence-electron chi connectivity index (χ1n) is 6.82. The Bertz CT molecular complexity index is 518. The van der Waals surface area contributed by atoms with Gasteiger partial charge in [-0.15, -0.1) is 0 Å². The smallest absolute Gasteiger partial charge is 0.256 e. The van der Waals surface area contributed by atoms with Gasteiger partial charge in [0.15, 0.2) is 17.5 Å². The van der Waals surface area contributed by atoms with Gasteiger partial charge in [-0.1, -0.05) is 0 Å². The lowest BCUT2D eigenvalue weighted by atomic mass is 10.1. The van der Waals surface area contributed by atoms with Crippen LogP contribution in [0.3, 0.4) is 0 Å². The molecule has 0 aliphatic carbocycles. The van der Waals surface area contributed by atoms with E-state index in [1.807, 2.05) is 0 Å². The Hall–Kier alpha value is -1.60. The molecule has 0 unspecified atom stereocenters. The Balaban J connectivity index is 1.97. The Morgan fingerprint density at radius 2 is 1.90 bits per heavy atom. The number of halogens is 3. The second-order valence-corrected chi connectivity index (χ2v) is 5.04. The lowest BCUT2D eigenvalue weighted by molar-refractivity contribution is 0.0769. The van der Waals surface area contributed by atoms with E-state index in [4.69, 9.17) is 0 Å². The van der Waals surface area contributed by atoms with Crippen molar-refractivity contribution in [3.63, 3.8) is 0 Å². The maximum absolute atomic E-state index is 13.6. The molecular weight excluding hydrogens is 283 g/mol. The number of nitrogens with zero attached hydrogens (tertiary/aromatic N) is 2. The van der Waals surface area contributed by atoms with E-state index in [1.165, 1.54) is 11.9 Å². The molecule has 1 aromatic rings. The number of likely N-dealkylation sites (N-methyl/N-ethyl adjacent to an activating group) is 1. The average molecular weight is 301 g/mol. The molecule has 1 fully saturated rings. The first kappa shape index (κ1) is 15.8. The van der Waals surface area contributed by atoms with Crippen molar-refractivity contribution in [3.8, 4) is 0 Å². The van der Waals surface area contributed by atoms with Crippen LogP contribution in [0.4, 0.5) is 13.2 Å². The summed E-state index contributed by atoms with van der Waals surface area (Å²) < 4.78 is 39.6. The van der Waals surface area contributed by atoms with Gasteiger partial charge in [0.2, 0.25) is 0 Å². The van der Waals surface area contributed by atoms with Crippen molar-refractivity contribution in [2.75, 3.05) is 46.3 Å². The van der Waals surface area contributed by atoms with Crippen LogP contribution in [0.2, 0.25) is 0 Å². The summed E-state index contributed by atoms with van der Waals surface area (Å²) in [5.74, 6) is -5.00. The molecule has 0 atom stereocenters. The third-order valence-corrected chi connectivity index (χ3v) is 3.57. The number of amides is 1. The predicted octanol–water partition coefficient (Wildman–Crippen LogP) is 1.08. The van der Waals surface area contributed by atoms with E-state index in [0.29, 0.717) is 13.1 Å². The van der Waals surface area contributed by atoms with E-state index in [2.05, 4.69) is 10.2 Å². The molecule has 0 bridgehead atoms. The fourth-order valence-electron chi connectivity index (χ4n) is 2.22. The molecule has 0 spiro atoms. The van der Waals surface area contributed by atoms with Crippen LogP contribution in [0, 0.1) is 17.5 Å². The van der Waals surface area contributed by atoms with Crippen LogP contribution >= 0.6 is 0 Å². The molecule has 7 heteroatoms. The molecule has 1 N–H and O–H groups in total. The highest BCUT2D eigenvalue weighted by atomic mass is 19.2. The number of carbonyl (C=O) groups excluding carboxylic acids is 1. The second kappa shape index (κ2) is 6.91. The summed E-state index contributed by atoms with van der Waals surface area (Å²) in [6, 6.07) is 1.73. The second-order valence-electron chi connectivity index (χ2n) is 5.04. The maximum Gasteiger partial charge on any atom is 0.256 e. The van der Waals surface area contributed by atoms with E-state index in [9.17, 15) is 18.0 Å². The van der Waals surface area contributed by atoms with Crippen LogP contribution in [0.1, 0.15) is 10.4 Å². The third-order valence-electron chi connectivity index (χ3n) is 3.57. The highest BCUT2D eigenvalue weighted by Crippen LogP contribution is 2.16. The largest absolute Gasteiger partial charge is 0.340 e. The predicted molar refractivity (Wildman–Crippen MR) is 72.6 cm³/mol. The minimum Gasteiger partial charge on any atom is -0.340 e. The zero-order chi connectivity index (χ0) is 15.4. The van der Waals surface area contributed by atoms with Gasteiger partial charge in [-0.05, 0) is 12.1 Å². The van der Waals surface area contributed by atoms with Gasteiger partial charge in [0.25, 0.3) is 5.91 Å². The number of benzene rings is 1. The zero-order valence-electron chi connectivity index (χ0n) is 11.8. The van der Waals surface area contributed by atoms with Crippen molar-refractivity contribution in [3.05, 3.63) is 35.1 Å². The minimum absolute atomic E-state index is 0.400. The highest BCUT2D eigenvalue weighted by molar-refractivity contribution is 5.94. The van der Waals surface area contributed by atoms with E-state index in [0.717, 1.165) is 38.3 Å². The minimum atomic E-state index is -1.61. The van der Waals surface area contributed by atoms with Crippen molar-refractivity contribution >= 4 is 5.91 Å². The molecule has 0 saturated carbocycles. The van der Waals surface area contributed by atoms with Gasteiger partial charge in [-0.25, -0.2) is 13.2 Å². The van der Waals surface area contributed by atoms with Crippen LogP contribution in [0.5, 0.6) is 0 Å². The number of hydrogen-bond acceptors (Lipinski definition) is 3. The van der Waals surface area contributed by atoms with Crippen LogP contribution < -0.4 is 5.32 Å². The molecule has 1 heterocycles. The zero-order valence-corrected chi connectivity index (χ0v) is 11.8. The summed E-state index contributed by atoms with van der Waals surface area (Å²) >= 11 is 0. The van der Waals surface area contributed by atoms with Gasteiger partial charge in [0.1, 0.15) is 0 Å². The summed E-state index contributed by atoms with van der Waals surface area (Å²) in [5.41, 5.74) is -0.447. The maximum atomic E-state index is 13.6. The quantitative estimate of drug-likeness (QED) is 0.846. The summed E-state index contributed by atoms with van der Waals surface area (Å²) in [4.78, 5) is 15.6. The van der Waals surface area contributed by atoms with Gasteiger partial charge in [-0.2, -0.15) is 0 Å². The van der Waals surface area contributed by atoms with Crippen LogP contribution in [0.15, 0.2) is 12.1 Å². The molecule has 0 aromatic heterocycles. The number of piperazine rings is 1. The number of carbonyl (C=O) groups is 1. The van der Waals surface area contributed by atoms with Crippen molar-refractivity contribution in [2.45, 2.75) is 0 Å². The normalized spacial score (nSPS) is 16.0. The molecule has 0 radical (unpaired) electrons. The molecule has 4 nitrogen and oxygen atoms in total. The van der Waals surface area contributed by atoms with Crippen molar-refractivity contribution < 1.29 is 18.0 Å². The standard InChI is InChI=1S/C14H18F3N3O/c1-19(8-9-20-6-4-18-5-7-20)14(21)10-2-3-11(15)13(17)12(10)16/h2-3,18H,4-9H2,1H3. The molecule has 2 rings (SSSR count). The van der Waals surface area contributed by atoms with E-state index < -0.39 is 28.9 Å². The van der Waals surface area contributed by atoms with Gasteiger partial charge >= 0.3 is 0 Å².